The number of amides is 1. The van der Waals surface area contributed by atoms with Crippen molar-refractivity contribution >= 4 is 29.1 Å². The number of halogens is 1. The van der Waals surface area contributed by atoms with Gasteiger partial charge in [-0.05, 0) is 19.1 Å². The van der Waals surface area contributed by atoms with Crippen molar-refractivity contribution in [3.8, 4) is 0 Å². The predicted octanol–water partition coefficient (Wildman–Crippen LogP) is 1.70. The van der Waals surface area contributed by atoms with E-state index in [9.17, 15) is 19.3 Å². The molecule has 21 heavy (non-hydrogen) atoms. The summed E-state index contributed by atoms with van der Waals surface area (Å²) in [6.45, 7) is 1.52. The van der Waals surface area contributed by atoms with Crippen LogP contribution in [0.3, 0.4) is 0 Å². The molecule has 0 aliphatic heterocycles. The fraction of sp³-hybridized carbons (Fsp3) is 0.182. The molecule has 1 amide bonds. The number of carbonyl (C=O) groups excluding carboxylic acids is 1. The number of thiophene rings is 1. The highest BCUT2D eigenvalue weighted by atomic mass is 32.1. The quantitative estimate of drug-likeness (QED) is 0.515. The van der Waals surface area contributed by atoms with Crippen molar-refractivity contribution in [2.75, 3.05) is 0 Å². The van der Waals surface area contributed by atoms with Gasteiger partial charge in [-0.3, -0.25) is 19.6 Å². The third-order valence-electron chi connectivity index (χ3n) is 2.54. The largest absolute Gasteiger partial charge is 0.307 e. The maximum atomic E-state index is 12.7. The molecule has 0 aliphatic rings. The van der Waals surface area contributed by atoms with Gasteiger partial charge in [0.1, 0.15) is 18.4 Å². The van der Waals surface area contributed by atoms with Gasteiger partial charge in [-0.1, -0.05) is 0 Å². The number of hydrazone groups is 1. The van der Waals surface area contributed by atoms with Crippen LogP contribution in [-0.2, 0) is 4.79 Å². The summed E-state index contributed by atoms with van der Waals surface area (Å²) in [6.07, 6.45) is 3.52. The lowest BCUT2D eigenvalue weighted by Gasteiger charge is -2.08. The Balaban J connectivity index is 1.95. The molecule has 0 fully saturated rings. The first-order valence-electron chi connectivity index (χ1n) is 5.74. The summed E-state index contributed by atoms with van der Waals surface area (Å²) in [5.41, 5.74) is 2.06. The van der Waals surface area contributed by atoms with Gasteiger partial charge >= 0.3 is 5.69 Å². The second kappa shape index (κ2) is 6.22. The fourth-order valence-corrected chi connectivity index (χ4v) is 2.01. The van der Waals surface area contributed by atoms with E-state index in [-0.39, 0.29) is 10.8 Å². The molecule has 1 N–H and O–H groups in total. The molecular weight excluding hydrogens is 301 g/mol. The average molecular weight is 311 g/mol. The van der Waals surface area contributed by atoms with Crippen molar-refractivity contribution in [1.29, 1.82) is 0 Å². The number of nitrogens with zero attached hydrogens (tertiary/aromatic N) is 4. The maximum absolute atomic E-state index is 12.7. The first-order chi connectivity index (χ1) is 9.97. The zero-order valence-corrected chi connectivity index (χ0v) is 11.6. The van der Waals surface area contributed by atoms with Crippen LogP contribution >= 0.6 is 11.3 Å². The number of nitro groups is 1. The van der Waals surface area contributed by atoms with Crippen molar-refractivity contribution in [3.63, 3.8) is 0 Å². The third kappa shape index (κ3) is 3.69. The highest BCUT2D eigenvalue weighted by molar-refractivity contribution is 7.12. The first kappa shape index (κ1) is 14.8. The molecule has 2 aromatic rings. The minimum absolute atomic E-state index is 0.202. The van der Waals surface area contributed by atoms with Gasteiger partial charge in [-0.15, -0.1) is 11.3 Å². The van der Waals surface area contributed by atoms with Crippen LogP contribution in [0.2, 0.25) is 0 Å². The van der Waals surface area contributed by atoms with Gasteiger partial charge in [0.05, 0.1) is 16.0 Å². The van der Waals surface area contributed by atoms with E-state index in [4.69, 9.17) is 0 Å². The van der Waals surface area contributed by atoms with E-state index in [0.717, 1.165) is 28.4 Å². The minimum atomic E-state index is -0.768. The van der Waals surface area contributed by atoms with E-state index in [1.54, 1.807) is 0 Å². The summed E-state index contributed by atoms with van der Waals surface area (Å²) < 4.78 is 13.9. The van der Waals surface area contributed by atoms with Gasteiger partial charge in [0.2, 0.25) is 0 Å². The van der Waals surface area contributed by atoms with E-state index < -0.39 is 16.9 Å². The van der Waals surface area contributed by atoms with E-state index >= 15 is 0 Å². The molecule has 2 aromatic heterocycles. The Hall–Kier alpha value is -2.62. The molecule has 2 heterocycles. The van der Waals surface area contributed by atoms with Crippen LogP contribution < -0.4 is 5.43 Å². The molecule has 2 rings (SSSR count). The molecule has 10 heteroatoms. The SMILES string of the molecule is CC(C(=O)NN=Cc1ccc(F)s1)n1cc([N+](=O)[O-])cn1. The molecule has 8 nitrogen and oxygen atoms in total. The molecule has 0 spiro atoms. The predicted molar refractivity (Wildman–Crippen MR) is 73.6 cm³/mol. The topological polar surface area (TPSA) is 102 Å². The van der Waals surface area contributed by atoms with Gasteiger partial charge in [-0.2, -0.15) is 14.6 Å². The van der Waals surface area contributed by atoms with Crippen LogP contribution in [0, 0.1) is 15.2 Å². The van der Waals surface area contributed by atoms with E-state index in [2.05, 4.69) is 15.6 Å². The lowest BCUT2D eigenvalue weighted by atomic mass is 10.3. The molecule has 1 unspecified atom stereocenters. The third-order valence-corrected chi connectivity index (χ3v) is 3.34. The van der Waals surface area contributed by atoms with Crippen molar-refractivity contribution in [2.45, 2.75) is 13.0 Å². The summed E-state index contributed by atoms with van der Waals surface area (Å²) in [5.74, 6) is -0.499. The standard InChI is InChI=1S/C11H10FN5O3S/c1-7(16-6-8(4-14-16)17(19)20)11(18)15-13-5-9-2-3-10(12)21-9/h2-7H,1H3,(H,15,18). The summed E-state index contributed by atoms with van der Waals surface area (Å²) in [7, 11) is 0. The number of carbonyl (C=O) groups is 1. The molecule has 110 valence electrons. The molecule has 1 atom stereocenters. The Kier molecular flexibility index (Phi) is 4.38. The van der Waals surface area contributed by atoms with Crippen LogP contribution in [0.5, 0.6) is 0 Å². The second-order valence-electron chi connectivity index (χ2n) is 3.99. The molecule has 0 aliphatic carbocycles. The number of nitrogens with one attached hydrogen (secondary N) is 1. The molecular formula is C11H10FN5O3S. The van der Waals surface area contributed by atoms with Crippen LogP contribution in [0.15, 0.2) is 29.6 Å². The summed E-state index contributed by atoms with van der Waals surface area (Å²) >= 11 is 0.891. The lowest BCUT2D eigenvalue weighted by molar-refractivity contribution is -0.385. The summed E-state index contributed by atoms with van der Waals surface area (Å²) in [6, 6.07) is 2.05. The van der Waals surface area contributed by atoms with Crippen LogP contribution in [-0.4, -0.2) is 26.8 Å². The minimum Gasteiger partial charge on any atom is -0.271 e. The highest BCUT2D eigenvalue weighted by Crippen LogP contribution is 2.13. The molecule has 0 aromatic carbocycles. The number of hydrogen-bond donors (Lipinski definition) is 1. The van der Waals surface area contributed by atoms with Gasteiger partial charge in [-0.25, -0.2) is 5.43 Å². The molecule has 0 saturated heterocycles. The van der Waals surface area contributed by atoms with Crippen molar-refractivity contribution in [2.24, 2.45) is 5.10 Å². The zero-order chi connectivity index (χ0) is 15.4. The maximum Gasteiger partial charge on any atom is 0.307 e. The van der Waals surface area contributed by atoms with Crippen molar-refractivity contribution in [1.82, 2.24) is 15.2 Å². The van der Waals surface area contributed by atoms with Crippen LogP contribution in [0.4, 0.5) is 10.1 Å². The Morgan fingerprint density at radius 1 is 1.67 bits per heavy atom. The summed E-state index contributed by atoms with van der Waals surface area (Å²) in [4.78, 5) is 22.3. The van der Waals surface area contributed by atoms with Gasteiger partial charge < -0.3 is 0 Å². The second-order valence-corrected chi connectivity index (χ2v) is 5.05. The zero-order valence-electron chi connectivity index (χ0n) is 10.8. The normalized spacial score (nSPS) is 12.5. The Bertz CT molecular complexity index is 696. The van der Waals surface area contributed by atoms with Gasteiger partial charge in [0, 0.05) is 0 Å². The lowest BCUT2D eigenvalue weighted by Crippen LogP contribution is -2.27. The smallest absolute Gasteiger partial charge is 0.271 e. The van der Waals surface area contributed by atoms with Gasteiger partial charge in [0.15, 0.2) is 5.13 Å². The fourth-order valence-electron chi connectivity index (χ4n) is 1.40. The average Bonchev–Trinajstić information content (AvgIpc) is 3.07. The van der Waals surface area contributed by atoms with E-state index in [1.807, 2.05) is 0 Å². The van der Waals surface area contributed by atoms with E-state index in [1.165, 1.54) is 25.3 Å². The highest BCUT2D eigenvalue weighted by Gasteiger charge is 2.18. The Morgan fingerprint density at radius 3 is 3.00 bits per heavy atom. The summed E-state index contributed by atoms with van der Waals surface area (Å²) in [5, 5.41) is 17.6. The molecule has 0 radical (unpaired) electrons. The first-order valence-corrected chi connectivity index (χ1v) is 6.56. The monoisotopic (exact) mass is 311 g/mol. The number of rotatable bonds is 5. The molecule has 0 saturated carbocycles. The van der Waals surface area contributed by atoms with Crippen molar-refractivity contribution in [3.05, 3.63) is 44.6 Å². The Morgan fingerprint density at radius 2 is 2.43 bits per heavy atom. The number of aromatic nitrogens is 2. The van der Waals surface area contributed by atoms with Crippen molar-refractivity contribution < 1.29 is 14.1 Å². The van der Waals surface area contributed by atoms with E-state index in [0.29, 0.717) is 4.88 Å². The Labute approximate surface area is 122 Å². The van der Waals surface area contributed by atoms with Crippen LogP contribution in [0.1, 0.15) is 17.8 Å². The number of hydrogen-bond acceptors (Lipinski definition) is 6. The van der Waals surface area contributed by atoms with Gasteiger partial charge in [0.25, 0.3) is 5.91 Å². The van der Waals surface area contributed by atoms with Crippen LogP contribution in [0.25, 0.3) is 0 Å². The molecule has 0 bridgehead atoms.